The third-order valence-corrected chi connectivity index (χ3v) is 6.90. The van der Waals surface area contributed by atoms with Crippen LogP contribution in [0, 0.1) is 11.8 Å². The maximum atomic E-state index is 12.2. The van der Waals surface area contributed by atoms with Crippen molar-refractivity contribution in [3.8, 4) is 5.75 Å². The highest BCUT2D eigenvalue weighted by Gasteiger charge is 2.36. The summed E-state index contributed by atoms with van der Waals surface area (Å²) >= 11 is 6.22. The normalized spacial score (nSPS) is 20.6. The van der Waals surface area contributed by atoms with Crippen LogP contribution >= 0.6 is 11.6 Å². The predicted octanol–water partition coefficient (Wildman–Crippen LogP) is 5.54. The Bertz CT molecular complexity index is 1030. The molecule has 2 atom stereocenters. The standard InChI is InChI=1S/C26H28ClNO4/c1-2-24(29)22-10-7-19(22)15-28-12-4-3-5-17-13-21(27)9-6-20(17)16-32-25-11-8-18(26(30)31)14-23(25)28/h2,6,8-9,11,13-14,19,22H,1,3-5,7,10,12,15-16H2,(H,30,31)/t19-,22+/m0/s1. The van der Waals surface area contributed by atoms with Crippen molar-refractivity contribution in [1.82, 2.24) is 0 Å². The molecule has 4 rings (SSSR count). The molecule has 2 aromatic rings. The third-order valence-electron chi connectivity index (χ3n) is 6.66. The lowest BCUT2D eigenvalue weighted by atomic mass is 9.71. The van der Waals surface area contributed by atoms with Crippen LogP contribution in [0.25, 0.3) is 0 Å². The summed E-state index contributed by atoms with van der Waals surface area (Å²) in [7, 11) is 0. The van der Waals surface area contributed by atoms with Gasteiger partial charge in [-0.2, -0.15) is 0 Å². The monoisotopic (exact) mass is 453 g/mol. The highest BCUT2D eigenvalue weighted by molar-refractivity contribution is 6.30. The number of nitrogens with zero attached hydrogens (tertiary/aromatic N) is 1. The Morgan fingerprint density at radius 3 is 2.72 bits per heavy atom. The van der Waals surface area contributed by atoms with Gasteiger partial charge in [0.05, 0.1) is 11.3 Å². The zero-order valence-electron chi connectivity index (χ0n) is 18.1. The van der Waals surface area contributed by atoms with Crippen molar-refractivity contribution in [2.75, 3.05) is 18.0 Å². The fourth-order valence-corrected chi connectivity index (χ4v) is 4.86. The number of rotatable bonds is 5. The fourth-order valence-electron chi connectivity index (χ4n) is 4.67. The zero-order valence-corrected chi connectivity index (χ0v) is 18.8. The van der Waals surface area contributed by atoms with E-state index in [1.807, 2.05) is 18.2 Å². The highest BCUT2D eigenvalue weighted by Crippen LogP contribution is 2.39. The summed E-state index contributed by atoms with van der Waals surface area (Å²) in [5.74, 6) is 0.0309. The SMILES string of the molecule is C=CC(=O)[C@@H]1CC[C@H]1CN1CCCCc2cc(Cl)ccc2COc2ccc(C(=O)O)cc21. The number of aromatic carboxylic acids is 1. The van der Waals surface area contributed by atoms with Crippen LogP contribution in [0.2, 0.25) is 5.02 Å². The second-order valence-electron chi connectivity index (χ2n) is 8.64. The number of carboxylic acid groups (broad SMARTS) is 1. The minimum absolute atomic E-state index is 0.00380. The number of fused-ring (bicyclic) bond motifs is 2. The molecular formula is C26H28ClNO4. The Kier molecular flexibility index (Phi) is 6.85. The molecule has 168 valence electrons. The van der Waals surface area contributed by atoms with Crippen LogP contribution in [0.4, 0.5) is 5.69 Å². The molecule has 2 aliphatic rings. The maximum Gasteiger partial charge on any atom is 0.335 e. The number of halogens is 1. The molecule has 0 bridgehead atoms. The molecule has 2 aromatic carbocycles. The van der Waals surface area contributed by atoms with Gasteiger partial charge in [0.25, 0.3) is 0 Å². The first-order valence-electron chi connectivity index (χ1n) is 11.1. The van der Waals surface area contributed by atoms with Crippen LogP contribution in [-0.4, -0.2) is 29.9 Å². The van der Waals surface area contributed by atoms with Gasteiger partial charge in [-0.1, -0.05) is 24.2 Å². The number of allylic oxidation sites excluding steroid dienone is 1. The van der Waals surface area contributed by atoms with Crippen molar-refractivity contribution >= 4 is 29.0 Å². The smallest absolute Gasteiger partial charge is 0.335 e. The largest absolute Gasteiger partial charge is 0.487 e. The first-order chi connectivity index (χ1) is 15.5. The highest BCUT2D eigenvalue weighted by atomic mass is 35.5. The molecule has 5 nitrogen and oxygen atoms in total. The number of carbonyl (C=O) groups excluding carboxylic acids is 1. The van der Waals surface area contributed by atoms with Gasteiger partial charge in [-0.3, -0.25) is 4.79 Å². The van der Waals surface area contributed by atoms with E-state index in [9.17, 15) is 14.7 Å². The van der Waals surface area contributed by atoms with Gasteiger partial charge in [-0.15, -0.1) is 0 Å². The molecule has 6 heteroatoms. The minimum Gasteiger partial charge on any atom is -0.487 e. The van der Waals surface area contributed by atoms with Crippen LogP contribution < -0.4 is 9.64 Å². The lowest BCUT2D eigenvalue weighted by molar-refractivity contribution is -0.122. The van der Waals surface area contributed by atoms with Crippen LogP contribution in [0.5, 0.6) is 5.75 Å². The van der Waals surface area contributed by atoms with Gasteiger partial charge >= 0.3 is 5.97 Å². The van der Waals surface area contributed by atoms with Gasteiger partial charge in [0.1, 0.15) is 12.4 Å². The minimum atomic E-state index is -0.967. The van der Waals surface area contributed by atoms with Gasteiger partial charge in [0.15, 0.2) is 5.78 Å². The summed E-state index contributed by atoms with van der Waals surface area (Å²) in [5.41, 5.74) is 3.28. The Labute approximate surface area is 193 Å². The lowest BCUT2D eigenvalue weighted by Gasteiger charge is -2.39. The Morgan fingerprint density at radius 2 is 2.00 bits per heavy atom. The third kappa shape index (κ3) is 4.83. The Hall–Kier alpha value is -2.79. The predicted molar refractivity (Wildman–Crippen MR) is 126 cm³/mol. The number of carbonyl (C=O) groups is 2. The quantitative estimate of drug-likeness (QED) is 0.602. The van der Waals surface area contributed by atoms with Crippen molar-refractivity contribution in [2.45, 2.75) is 38.7 Å². The van der Waals surface area contributed by atoms with E-state index in [1.165, 1.54) is 11.6 Å². The van der Waals surface area contributed by atoms with E-state index in [1.54, 1.807) is 18.2 Å². The number of hydrogen-bond acceptors (Lipinski definition) is 4. The average molecular weight is 454 g/mol. The van der Waals surface area contributed by atoms with E-state index in [0.29, 0.717) is 18.9 Å². The zero-order chi connectivity index (χ0) is 22.7. The van der Waals surface area contributed by atoms with Gasteiger partial charge in [-0.05, 0) is 85.6 Å². The van der Waals surface area contributed by atoms with Gasteiger partial charge < -0.3 is 14.7 Å². The molecular weight excluding hydrogens is 426 g/mol. The molecule has 0 amide bonds. The lowest BCUT2D eigenvalue weighted by Crippen LogP contribution is -2.41. The van der Waals surface area contributed by atoms with Crippen molar-refractivity contribution in [3.63, 3.8) is 0 Å². The number of ether oxygens (including phenoxy) is 1. The topological polar surface area (TPSA) is 66.8 Å². The molecule has 0 unspecified atom stereocenters. The molecule has 0 saturated heterocycles. The van der Waals surface area contributed by atoms with Crippen LogP contribution in [-0.2, 0) is 17.8 Å². The number of benzene rings is 2. The van der Waals surface area contributed by atoms with Crippen molar-refractivity contribution in [2.24, 2.45) is 11.8 Å². The summed E-state index contributed by atoms with van der Waals surface area (Å²) in [5, 5.41) is 10.3. The van der Waals surface area contributed by atoms with Crippen LogP contribution in [0.1, 0.15) is 47.2 Å². The van der Waals surface area contributed by atoms with E-state index in [0.717, 1.165) is 54.9 Å². The molecule has 0 radical (unpaired) electrons. The van der Waals surface area contributed by atoms with Crippen LogP contribution in [0.3, 0.4) is 0 Å². The summed E-state index contributed by atoms with van der Waals surface area (Å²) in [6.45, 7) is 5.49. The van der Waals surface area contributed by atoms with Crippen molar-refractivity contribution < 1.29 is 19.4 Å². The number of carboxylic acids is 1. The number of hydrogen-bond donors (Lipinski definition) is 1. The second kappa shape index (κ2) is 9.78. The molecule has 32 heavy (non-hydrogen) atoms. The van der Waals surface area contributed by atoms with E-state index >= 15 is 0 Å². The molecule has 0 spiro atoms. The number of ketones is 1. The molecule has 1 aliphatic carbocycles. The average Bonchev–Trinajstić information content (AvgIpc) is 2.79. The number of aryl methyl sites for hydroxylation is 1. The first kappa shape index (κ1) is 22.4. The summed E-state index contributed by atoms with van der Waals surface area (Å²) in [4.78, 5) is 26.1. The molecule has 1 saturated carbocycles. The van der Waals surface area contributed by atoms with Gasteiger partial charge in [-0.25, -0.2) is 4.79 Å². The van der Waals surface area contributed by atoms with E-state index in [4.69, 9.17) is 16.3 Å². The van der Waals surface area contributed by atoms with Gasteiger partial charge in [0, 0.05) is 24.0 Å². The number of anilines is 1. The Balaban J connectivity index is 1.66. The molecule has 0 aromatic heterocycles. The van der Waals surface area contributed by atoms with Gasteiger partial charge in [0.2, 0.25) is 0 Å². The Morgan fingerprint density at radius 1 is 1.16 bits per heavy atom. The molecule has 1 heterocycles. The summed E-state index contributed by atoms with van der Waals surface area (Å²) in [6.07, 6.45) is 6.13. The maximum absolute atomic E-state index is 12.2. The first-order valence-corrected chi connectivity index (χ1v) is 11.5. The second-order valence-corrected chi connectivity index (χ2v) is 9.08. The van der Waals surface area contributed by atoms with Crippen molar-refractivity contribution in [1.29, 1.82) is 0 Å². The summed E-state index contributed by atoms with van der Waals surface area (Å²) in [6, 6.07) is 10.9. The van der Waals surface area contributed by atoms with Crippen molar-refractivity contribution in [3.05, 3.63) is 70.8 Å². The van der Waals surface area contributed by atoms with E-state index in [2.05, 4.69) is 11.5 Å². The van der Waals surface area contributed by atoms with Crippen LogP contribution in [0.15, 0.2) is 49.1 Å². The molecule has 1 N–H and O–H groups in total. The fraction of sp³-hybridized carbons (Fsp3) is 0.385. The summed E-state index contributed by atoms with van der Waals surface area (Å²) < 4.78 is 6.22. The van der Waals surface area contributed by atoms with E-state index in [-0.39, 0.29) is 23.2 Å². The molecule has 1 aliphatic heterocycles. The van der Waals surface area contributed by atoms with E-state index < -0.39 is 5.97 Å². The molecule has 1 fully saturated rings.